The minimum absolute atomic E-state index is 0.672. The Bertz CT molecular complexity index is 394. The van der Waals surface area contributed by atoms with Gasteiger partial charge in [0.2, 0.25) is 0 Å². The van der Waals surface area contributed by atoms with E-state index in [1.54, 1.807) is 0 Å². The normalized spacial score (nSPS) is 14.8. The van der Waals surface area contributed by atoms with Gasteiger partial charge in [0.25, 0.3) is 0 Å². The van der Waals surface area contributed by atoms with E-state index in [1.165, 1.54) is 5.56 Å². The minimum atomic E-state index is 0.672. The van der Waals surface area contributed by atoms with Crippen molar-refractivity contribution in [2.45, 2.75) is 13.0 Å². The first-order valence-electron chi connectivity index (χ1n) is 5.81. The van der Waals surface area contributed by atoms with Crippen LogP contribution in [0.2, 0.25) is 0 Å². The van der Waals surface area contributed by atoms with Gasteiger partial charge < -0.3 is 15.5 Å². The summed E-state index contributed by atoms with van der Waals surface area (Å²) in [6, 6.07) is 0. The molecule has 1 aromatic heterocycles. The molecule has 1 aliphatic rings. The van der Waals surface area contributed by atoms with Crippen molar-refractivity contribution in [1.82, 2.24) is 20.2 Å². The van der Waals surface area contributed by atoms with Crippen LogP contribution in [0.4, 0.5) is 5.82 Å². The highest BCUT2D eigenvalue weighted by atomic mass is 79.9. The molecule has 0 saturated carbocycles. The summed E-state index contributed by atoms with van der Waals surface area (Å²) in [6.45, 7) is 3.73. The molecule has 94 valence electrons. The number of rotatable bonds is 4. The monoisotopic (exact) mass is 299 g/mol. The SMILES string of the molecule is CN(C)CCNc1nc(Br)nc2c1CNCC2. The number of aromatic nitrogens is 2. The maximum absolute atomic E-state index is 4.43. The van der Waals surface area contributed by atoms with E-state index in [0.29, 0.717) is 4.73 Å². The van der Waals surface area contributed by atoms with Crippen LogP contribution in [0.25, 0.3) is 0 Å². The molecule has 1 aromatic rings. The highest BCUT2D eigenvalue weighted by Gasteiger charge is 2.16. The fraction of sp³-hybridized carbons (Fsp3) is 0.636. The largest absolute Gasteiger partial charge is 0.368 e. The first kappa shape index (κ1) is 12.7. The summed E-state index contributed by atoms with van der Waals surface area (Å²) in [4.78, 5) is 11.0. The van der Waals surface area contributed by atoms with E-state index in [4.69, 9.17) is 0 Å². The predicted octanol–water partition coefficient (Wildman–Crippen LogP) is 0.858. The molecule has 0 radical (unpaired) electrons. The Balaban J connectivity index is 2.12. The summed E-state index contributed by atoms with van der Waals surface area (Å²) in [7, 11) is 4.13. The molecule has 17 heavy (non-hydrogen) atoms. The number of fused-ring (bicyclic) bond motifs is 1. The van der Waals surface area contributed by atoms with Crippen LogP contribution in [0, 0.1) is 0 Å². The summed E-state index contributed by atoms with van der Waals surface area (Å²) in [5, 5.41) is 6.74. The third kappa shape index (κ3) is 3.37. The lowest BCUT2D eigenvalue weighted by Crippen LogP contribution is -2.28. The zero-order valence-corrected chi connectivity index (χ0v) is 11.8. The van der Waals surface area contributed by atoms with E-state index in [2.05, 4.69) is 55.5 Å². The molecule has 2 N–H and O–H groups in total. The lowest BCUT2D eigenvalue weighted by molar-refractivity contribution is 0.425. The summed E-state index contributed by atoms with van der Waals surface area (Å²) < 4.78 is 0.672. The van der Waals surface area contributed by atoms with E-state index in [9.17, 15) is 0 Å². The van der Waals surface area contributed by atoms with Gasteiger partial charge in [-0.05, 0) is 30.0 Å². The number of hydrogen-bond acceptors (Lipinski definition) is 5. The Morgan fingerprint density at radius 2 is 2.24 bits per heavy atom. The molecular formula is C11H18BrN5. The van der Waals surface area contributed by atoms with Crippen LogP contribution in [0.1, 0.15) is 11.3 Å². The van der Waals surface area contributed by atoms with E-state index < -0.39 is 0 Å². The minimum Gasteiger partial charge on any atom is -0.368 e. The van der Waals surface area contributed by atoms with Gasteiger partial charge in [-0.1, -0.05) is 0 Å². The van der Waals surface area contributed by atoms with Crippen molar-refractivity contribution < 1.29 is 0 Å². The fourth-order valence-corrected chi connectivity index (χ4v) is 2.25. The maximum atomic E-state index is 4.43. The Morgan fingerprint density at radius 1 is 1.41 bits per heavy atom. The van der Waals surface area contributed by atoms with Gasteiger partial charge in [-0.2, -0.15) is 0 Å². The Morgan fingerprint density at radius 3 is 3.00 bits per heavy atom. The quantitative estimate of drug-likeness (QED) is 0.808. The van der Waals surface area contributed by atoms with Crippen LogP contribution < -0.4 is 10.6 Å². The molecule has 0 unspecified atom stereocenters. The second kappa shape index (κ2) is 5.75. The van der Waals surface area contributed by atoms with Gasteiger partial charge >= 0.3 is 0 Å². The third-order valence-electron chi connectivity index (χ3n) is 2.76. The second-order valence-electron chi connectivity index (χ2n) is 4.42. The van der Waals surface area contributed by atoms with Crippen molar-refractivity contribution in [3.8, 4) is 0 Å². The van der Waals surface area contributed by atoms with Gasteiger partial charge in [0, 0.05) is 38.2 Å². The molecule has 2 heterocycles. The Labute approximate surface area is 110 Å². The second-order valence-corrected chi connectivity index (χ2v) is 5.13. The summed E-state index contributed by atoms with van der Waals surface area (Å²) in [6.07, 6.45) is 0.971. The predicted molar refractivity (Wildman–Crippen MR) is 72.2 cm³/mol. The molecular weight excluding hydrogens is 282 g/mol. The van der Waals surface area contributed by atoms with E-state index in [0.717, 1.165) is 44.1 Å². The molecule has 5 nitrogen and oxygen atoms in total. The van der Waals surface area contributed by atoms with E-state index in [-0.39, 0.29) is 0 Å². The molecule has 0 amide bonds. The van der Waals surface area contributed by atoms with Gasteiger partial charge in [0.1, 0.15) is 5.82 Å². The van der Waals surface area contributed by atoms with Gasteiger partial charge in [-0.3, -0.25) is 0 Å². The van der Waals surface area contributed by atoms with E-state index >= 15 is 0 Å². The van der Waals surface area contributed by atoms with E-state index in [1.807, 2.05) is 0 Å². The zero-order chi connectivity index (χ0) is 12.3. The molecule has 0 atom stereocenters. The summed E-state index contributed by atoms with van der Waals surface area (Å²) in [5.74, 6) is 0.955. The first-order valence-corrected chi connectivity index (χ1v) is 6.60. The van der Waals surface area contributed by atoms with Crippen LogP contribution in [-0.2, 0) is 13.0 Å². The zero-order valence-electron chi connectivity index (χ0n) is 10.3. The Kier molecular flexibility index (Phi) is 4.31. The molecule has 6 heteroatoms. The number of hydrogen-bond donors (Lipinski definition) is 2. The van der Waals surface area contributed by atoms with Gasteiger partial charge in [-0.25, -0.2) is 9.97 Å². The average molecular weight is 300 g/mol. The van der Waals surface area contributed by atoms with Crippen molar-refractivity contribution in [2.24, 2.45) is 0 Å². The van der Waals surface area contributed by atoms with Crippen molar-refractivity contribution in [2.75, 3.05) is 39.0 Å². The van der Waals surface area contributed by atoms with Gasteiger partial charge in [-0.15, -0.1) is 0 Å². The number of anilines is 1. The lowest BCUT2D eigenvalue weighted by atomic mass is 10.1. The molecule has 1 aliphatic heterocycles. The highest BCUT2D eigenvalue weighted by molar-refractivity contribution is 9.10. The highest BCUT2D eigenvalue weighted by Crippen LogP contribution is 2.21. The maximum Gasteiger partial charge on any atom is 0.198 e. The molecule has 2 rings (SSSR count). The first-order chi connectivity index (χ1) is 8.16. The molecule has 0 aromatic carbocycles. The number of likely N-dealkylation sites (N-methyl/N-ethyl adjacent to an activating group) is 1. The number of nitrogens with zero attached hydrogens (tertiary/aromatic N) is 3. The van der Waals surface area contributed by atoms with Crippen LogP contribution in [0.5, 0.6) is 0 Å². The van der Waals surface area contributed by atoms with Gasteiger partial charge in [0.15, 0.2) is 4.73 Å². The number of nitrogens with one attached hydrogen (secondary N) is 2. The average Bonchev–Trinajstić information content (AvgIpc) is 2.28. The van der Waals surface area contributed by atoms with Crippen LogP contribution in [-0.4, -0.2) is 48.6 Å². The third-order valence-corrected chi connectivity index (χ3v) is 3.11. The lowest BCUT2D eigenvalue weighted by Gasteiger charge is -2.20. The van der Waals surface area contributed by atoms with Gasteiger partial charge in [0.05, 0.1) is 5.69 Å². The van der Waals surface area contributed by atoms with Crippen molar-refractivity contribution in [3.63, 3.8) is 0 Å². The topological polar surface area (TPSA) is 53.1 Å². The molecule has 0 saturated heterocycles. The number of halogens is 1. The molecule has 0 aliphatic carbocycles. The standard InChI is InChI=1S/C11H18BrN5/c1-17(2)6-5-14-10-8-7-13-4-3-9(8)15-11(12)16-10/h13H,3-7H2,1-2H3,(H,14,15,16). The summed E-state index contributed by atoms with van der Waals surface area (Å²) >= 11 is 3.37. The smallest absolute Gasteiger partial charge is 0.198 e. The van der Waals surface area contributed by atoms with Crippen LogP contribution in [0.3, 0.4) is 0 Å². The van der Waals surface area contributed by atoms with Crippen molar-refractivity contribution in [1.29, 1.82) is 0 Å². The van der Waals surface area contributed by atoms with Crippen LogP contribution >= 0.6 is 15.9 Å². The molecule has 0 spiro atoms. The van der Waals surface area contributed by atoms with Crippen molar-refractivity contribution >= 4 is 21.7 Å². The summed E-state index contributed by atoms with van der Waals surface area (Å²) in [5.41, 5.74) is 2.36. The fourth-order valence-electron chi connectivity index (χ4n) is 1.86. The Hall–Kier alpha value is -0.720. The molecule has 0 fully saturated rings. The van der Waals surface area contributed by atoms with Crippen LogP contribution in [0.15, 0.2) is 4.73 Å². The van der Waals surface area contributed by atoms with Crippen molar-refractivity contribution in [3.05, 3.63) is 16.0 Å². The molecule has 0 bridgehead atoms.